The molecule has 114 valence electrons. The minimum Gasteiger partial charge on any atom is -0.386 e. The fraction of sp³-hybridized carbons (Fsp3) is 0.562. The maximum Gasteiger partial charge on any atom is 0.200 e. The summed E-state index contributed by atoms with van der Waals surface area (Å²) in [6.07, 6.45) is -1.11. The molecule has 1 saturated heterocycles. The number of hydrogen-bond donors (Lipinski definition) is 0. The van der Waals surface area contributed by atoms with E-state index < -0.39 is 12.6 Å². The molecule has 1 fully saturated rings. The summed E-state index contributed by atoms with van der Waals surface area (Å²) >= 11 is 0. The van der Waals surface area contributed by atoms with Crippen molar-refractivity contribution in [3.8, 4) is 0 Å². The van der Waals surface area contributed by atoms with Crippen LogP contribution in [0.4, 0.5) is 0 Å². The number of hydrogen-bond acceptors (Lipinski definition) is 5. The van der Waals surface area contributed by atoms with Gasteiger partial charge in [0.1, 0.15) is 5.92 Å². The Morgan fingerprint density at radius 2 is 1.62 bits per heavy atom. The molecular formula is C16H21NO4. The van der Waals surface area contributed by atoms with Gasteiger partial charge in [-0.2, -0.15) is 0 Å². The molecule has 0 unspecified atom stereocenters. The standard InChI is InChI=1S/C16H21NO4/c1-8-6-9(2)11(10(3)7-8)13-12-14(21-17-13)16(19-5)20-15(12)18-4/h6-7,12,14-16H,1-5H3/t12-,14-,15-,16+/m1/s1. The summed E-state index contributed by atoms with van der Waals surface area (Å²) in [6, 6.07) is 4.31. The maximum atomic E-state index is 5.73. The van der Waals surface area contributed by atoms with Gasteiger partial charge in [0.05, 0.1) is 5.71 Å². The van der Waals surface area contributed by atoms with Gasteiger partial charge in [-0.1, -0.05) is 22.9 Å². The van der Waals surface area contributed by atoms with Gasteiger partial charge in [0.25, 0.3) is 0 Å². The van der Waals surface area contributed by atoms with Crippen molar-refractivity contribution in [3.63, 3.8) is 0 Å². The lowest BCUT2D eigenvalue weighted by Crippen LogP contribution is -2.32. The lowest BCUT2D eigenvalue weighted by atomic mass is 9.87. The summed E-state index contributed by atoms with van der Waals surface area (Å²) in [5.74, 6) is -0.0694. The second-order valence-electron chi connectivity index (χ2n) is 5.69. The van der Waals surface area contributed by atoms with Crippen LogP contribution < -0.4 is 0 Å². The van der Waals surface area contributed by atoms with Crippen LogP contribution in [0.15, 0.2) is 17.3 Å². The van der Waals surface area contributed by atoms with Gasteiger partial charge in [0.2, 0.25) is 6.29 Å². The zero-order valence-corrected chi connectivity index (χ0v) is 13.0. The van der Waals surface area contributed by atoms with Crippen LogP contribution in [0.25, 0.3) is 0 Å². The topological polar surface area (TPSA) is 49.3 Å². The van der Waals surface area contributed by atoms with E-state index in [9.17, 15) is 0 Å². The highest BCUT2D eigenvalue weighted by atomic mass is 16.8. The lowest BCUT2D eigenvalue weighted by molar-refractivity contribution is -0.206. The highest BCUT2D eigenvalue weighted by Crippen LogP contribution is 2.39. The molecule has 1 aromatic rings. The van der Waals surface area contributed by atoms with Gasteiger partial charge in [-0.3, -0.25) is 0 Å². The van der Waals surface area contributed by atoms with Crippen molar-refractivity contribution in [2.24, 2.45) is 11.1 Å². The first-order valence-corrected chi connectivity index (χ1v) is 7.09. The smallest absolute Gasteiger partial charge is 0.200 e. The third kappa shape index (κ3) is 2.25. The van der Waals surface area contributed by atoms with Crippen molar-refractivity contribution in [2.75, 3.05) is 14.2 Å². The Morgan fingerprint density at radius 3 is 2.19 bits per heavy atom. The molecule has 2 aliphatic rings. The van der Waals surface area contributed by atoms with Crippen molar-refractivity contribution in [1.82, 2.24) is 0 Å². The van der Waals surface area contributed by atoms with Crippen LogP contribution in [0.5, 0.6) is 0 Å². The molecule has 0 aromatic heterocycles. The van der Waals surface area contributed by atoms with E-state index in [1.807, 2.05) is 0 Å². The summed E-state index contributed by atoms with van der Waals surface area (Å²) in [7, 11) is 3.23. The van der Waals surface area contributed by atoms with Crippen LogP contribution in [0, 0.1) is 26.7 Å². The van der Waals surface area contributed by atoms with Crippen molar-refractivity contribution < 1.29 is 19.0 Å². The van der Waals surface area contributed by atoms with Gasteiger partial charge < -0.3 is 19.0 Å². The number of methoxy groups -OCH3 is 2. The van der Waals surface area contributed by atoms with Gasteiger partial charge in [-0.05, 0) is 31.9 Å². The Balaban J connectivity index is 2.01. The summed E-state index contributed by atoms with van der Waals surface area (Å²) < 4.78 is 16.5. The summed E-state index contributed by atoms with van der Waals surface area (Å²) in [5, 5.41) is 4.31. The number of aryl methyl sites for hydroxylation is 3. The molecule has 0 spiro atoms. The molecule has 0 saturated carbocycles. The van der Waals surface area contributed by atoms with E-state index >= 15 is 0 Å². The second-order valence-corrected chi connectivity index (χ2v) is 5.69. The molecule has 1 aromatic carbocycles. The summed E-state index contributed by atoms with van der Waals surface area (Å²) in [6.45, 7) is 6.28. The van der Waals surface area contributed by atoms with E-state index in [2.05, 4.69) is 38.1 Å². The molecule has 3 rings (SSSR count). The van der Waals surface area contributed by atoms with E-state index in [-0.39, 0.29) is 12.0 Å². The van der Waals surface area contributed by atoms with Crippen molar-refractivity contribution in [2.45, 2.75) is 39.5 Å². The molecule has 2 heterocycles. The van der Waals surface area contributed by atoms with Crippen LogP contribution in [0.1, 0.15) is 22.3 Å². The molecule has 2 aliphatic heterocycles. The molecule has 21 heavy (non-hydrogen) atoms. The zero-order chi connectivity index (χ0) is 15.1. The fourth-order valence-corrected chi connectivity index (χ4v) is 3.38. The Bertz CT molecular complexity index is 561. The average Bonchev–Trinajstić information content (AvgIpc) is 2.98. The Kier molecular flexibility index (Phi) is 3.73. The number of ether oxygens (including phenoxy) is 3. The average molecular weight is 291 g/mol. The zero-order valence-electron chi connectivity index (χ0n) is 13.0. The van der Waals surface area contributed by atoms with Crippen LogP contribution in [0.3, 0.4) is 0 Å². The number of fused-ring (bicyclic) bond motifs is 1. The fourth-order valence-electron chi connectivity index (χ4n) is 3.38. The van der Waals surface area contributed by atoms with Crippen molar-refractivity contribution in [1.29, 1.82) is 0 Å². The largest absolute Gasteiger partial charge is 0.386 e. The van der Waals surface area contributed by atoms with E-state index in [0.29, 0.717) is 0 Å². The van der Waals surface area contributed by atoms with Gasteiger partial charge in [-0.15, -0.1) is 0 Å². The first-order valence-electron chi connectivity index (χ1n) is 7.09. The molecule has 0 bridgehead atoms. The highest BCUT2D eigenvalue weighted by molar-refractivity contribution is 6.05. The molecular weight excluding hydrogens is 270 g/mol. The molecule has 0 radical (unpaired) electrons. The van der Waals surface area contributed by atoms with Gasteiger partial charge in [-0.25, -0.2) is 0 Å². The van der Waals surface area contributed by atoms with Crippen molar-refractivity contribution >= 4 is 5.71 Å². The first kappa shape index (κ1) is 14.5. The van der Waals surface area contributed by atoms with E-state index in [1.54, 1.807) is 14.2 Å². The molecule has 5 nitrogen and oxygen atoms in total. The molecule has 5 heteroatoms. The predicted molar refractivity (Wildman–Crippen MR) is 78.2 cm³/mol. The predicted octanol–water partition coefficient (Wildman–Crippen LogP) is 2.31. The van der Waals surface area contributed by atoms with E-state index in [4.69, 9.17) is 19.0 Å². The SMILES string of the molecule is CO[C@H]1O[C@@H](OC)[C@@H]2C(c3c(C)cc(C)cc3C)=NO[C@@H]12. The third-order valence-corrected chi connectivity index (χ3v) is 4.17. The Hall–Kier alpha value is -1.43. The highest BCUT2D eigenvalue weighted by Gasteiger charge is 2.54. The number of oxime groups is 1. The van der Waals surface area contributed by atoms with Gasteiger partial charge >= 0.3 is 0 Å². The Morgan fingerprint density at radius 1 is 1.00 bits per heavy atom. The van der Waals surface area contributed by atoms with Gasteiger partial charge in [0, 0.05) is 19.8 Å². The number of nitrogens with zero attached hydrogens (tertiary/aromatic N) is 1. The maximum absolute atomic E-state index is 5.73. The van der Waals surface area contributed by atoms with E-state index in [0.717, 1.165) is 11.3 Å². The quantitative estimate of drug-likeness (QED) is 0.857. The summed E-state index contributed by atoms with van der Waals surface area (Å²) in [5.41, 5.74) is 5.62. The minimum absolute atomic E-state index is 0.0694. The number of rotatable bonds is 3. The van der Waals surface area contributed by atoms with Gasteiger partial charge in [0.15, 0.2) is 12.4 Å². The number of benzene rings is 1. The third-order valence-electron chi connectivity index (χ3n) is 4.17. The van der Waals surface area contributed by atoms with E-state index in [1.165, 1.54) is 16.7 Å². The lowest BCUT2D eigenvalue weighted by Gasteiger charge is -2.18. The van der Waals surface area contributed by atoms with Crippen LogP contribution in [0.2, 0.25) is 0 Å². The first-order chi connectivity index (χ1) is 10.1. The van der Waals surface area contributed by atoms with Crippen LogP contribution in [-0.4, -0.2) is 38.6 Å². The normalized spacial score (nSPS) is 31.0. The molecule has 4 atom stereocenters. The molecule has 0 aliphatic carbocycles. The monoisotopic (exact) mass is 291 g/mol. The minimum atomic E-state index is -0.452. The van der Waals surface area contributed by atoms with Crippen LogP contribution in [-0.2, 0) is 19.0 Å². The molecule has 0 N–H and O–H groups in total. The Labute approximate surface area is 124 Å². The summed E-state index contributed by atoms with van der Waals surface area (Å²) in [4.78, 5) is 5.58. The molecule has 0 amide bonds. The second kappa shape index (κ2) is 5.40. The van der Waals surface area contributed by atoms with Crippen molar-refractivity contribution in [3.05, 3.63) is 34.4 Å². The van der Waals surface area contributed by atoms with Crippen LogP contribution >= 0.6 is 0 Å².